The summed E-state index contributed by atoms with van der Waals surface area (Å²) in [4.78, 5) is 19.4. The Morgan fingerprint density at radius 3 is 2.43 bits per heavy atom. The van der Waals surface area contributed by atoms with Crippen LogP contribution in [0.4, 0.5) is 0 Å². The zero-order chi connectivity index (χ0) is 32.0. The van der Waals surface area contributed by atoms with E-state index in [-0.39, 0.29) is 18.9 Å². The monoisotopic (exact) mass is 619 g/mol. The molecule has 0 aliphatic carbocycles. The molecule has 46 heavy (non-hydrogen) atoms. The van der Waals surface area contributed by atoms with E-state index < -0.39 is 11.6 Å². The smallest absolute Gasteiger partial charge is 0.266 e. The average molecular weight is 620 g/mol. The van der Waals surface area contributed by atoms with Gasteiger partial charge in [-0.15, -0.1) is 0 Å². The average Bonchev–Trinajstić information content (AvgIpc) is 3.50. The lowest BCUT2D eigenvalue weighted by Crippen LogP contribution is -2.52. The number of nitrogens with zero attached hydrogens (tertiary/aromatic N) is 1. The summed E-state index contributed by atoms with van der Waals surface area (Å²) in [5, 5.41) is 9.07. The first-order chi connectivity index (χ1) is 22.6. The van der Waals surface area contributed by atoms with Gasteiger partial charge in [-0.1, -0.05) is 84.9 Å². The van der Waals surface area contributed by atoms with E-state index in [2.05, 4.69) is 23.0 Å². The zero-order valence-corrected chi connectivity index (χ0v) is 26.1. The van der Waals surface area contributed by atoms with Crippen molar-refractivity contribution in [1.82, 2.24) is 10.9 Å². The minimum Gasteiger partial charge on any atom is -0.497 e. The number of aliphatic hydroxyl groups excluding tert-OH is 1. The van der Waals surface area contributed by atoms with Crippen LogP contribution in [0.2, 0.25) is 0 Å². The van der Waals surface area contributed by atoms with Gasteiger partial charge in [0.1, 0.15) is 11.5 Å². The number of methoxy groups -OCH3 is 1. The van der Waals surface area contributed by atoms with Gasteiger partial charge in [0.05, 0.1) is 13.7 Å². The number of hydrogen-bond acceptors (Lipinski definition) is 7. The van der Waals surface area contributed by atoms with E-state index >= 15 is 0 Å². The van der Waals surface area contributed by atoms with E-state index in [0.29, 0.717) is 37.0 Å². The van der Waals surface area contributed by atoms with Crippen LogP contribution in [0.1, 0.15) is 47.6 Å². The van der Waals surface area contributed by atoms with Gasteiger partial charge >= 0.3 is 0 Å². The fourth-order valence-corrected chi connectivity index (χ4v) is 5.34. The Balaban J connectivity index is 1.44. The highest BCUT2D eigenvalue weighted by molar-refractivity contribution is 6.01. The van der Waals surface area contributed by atoms with Crippen LogP contribution in [0, 0.1) is 0 Å². The van der Waals surface area contributed by atoms with Gasteiger partial charge in [-0.3, -0.25) is 10.2 Å². The molecule has 0 unspecified atom stereocenters. The Morgan fingerprint density at radius 2 is 1.70 bits per heavy atom. The van der Waals surface area contributed by atoms with Crippen molar-refractivity contribution in [2.24, 2.45) is 4.99 Å². The molecule has 0 bridgehead atoms. The summed E-state index contributed by atoms with van der Waals surface area (Å²) in [5.74, 6) is 1.40. The minimum absolute atomic E-state index is 0.0686. The summed E-state index contributed by atoms with van der Waals surface area (Å²) in [7, 11) is 1.61. The quantitative estimate of drug-likeness (QED) is 0.104. The molecule has 1 heterocycles. The summed E-state index contributed by atoms with van der Waals surface area (Å²) < 4.78 is 17.8. The molecule has 1 aliphatic rings. The van der Waals surface area contributed by atoms with Crippen LogP contribution in [0.5, 0.6) is 11.5 Å². The highest BCUT2D eigenvalue weighted by Gasteiger charge is 2.52. The van der Waals surface area contributed by atoms with Gasteiger partial charge in [0.15, 0.2) is 11.6 Å². The number of hydrazine groups is 1. The molecular formula is C38H41N3O5. The maximum Gasteiger partial charge on any atom is 0.266 e. The highest BCUT2D eigenvalue weighted by atomic mass is 16.5. The number of carbonyl (C=O) groups is 1. The van der Waals surface area contributed by atoms with Crippen molar-refractivity contribution in [2.45, 2.75) is 37.3 Å². The second-order valence-electron chi connectivity index (χ2n) is 11.1. The zero-order valence-electron chi connectivity index (χ0n) is 26.1. The molecule has 1 amide bonds. The normalized spacial score (nSPS) is 17.3. The molecule has 1 aliphatic heterocycles. The lowest BCUT2D eigenvalue weighted by Gasteiger charge is -2.30. The third-order valence-corrected chi connectivity index (χ3v) is 7.78. The molecule has 2 atom stereocenters. The number of carbonyl (C=O) groups excluding carboxylic acids is 1. The molecule has 238 valence electrons. The number of rotatable bonds is 16. The van der Waals surface area contributed by atoms with Crippen molar-refractivity contribution in [3.8, 4) is 11.5 Å². The lowest BCUT2D eigenvalue weighted by atomic mass is 9.84. The summed E-state index contributed by atoms with van der Waals surface area (Å²) in [6.45, 7) is 1.08. The molecule has 4 aromatic rings. The van der Waals surface area contributed by atoms with E-state index in [1.165, 1.54) is 5.56 Å². The number of aliphatic imine (C=N–C) groups is 1. The lowest BCUT2D eigenvalue weighted by molar-refractivity contribution is -0.129. The van der Waals surface area contributed by atoms with Crippen molar-refractivity contribution < 1.29 is 24.1 Å². The van der Waals surface area contributed by atoms with E-state index in [1.54, 1.807) is 7.11 Å². The summed E-state index contributed by atoms with van der Waals surface area (Å²) in [6.07, 6.45) is 5.82. The Labute approximate surface area is 270 Å². The van der Waals surface area contributed by atoms with Gasteiger partial charge in [-0.25, -0.2) is 10.4 Å². The first kappa shape index (κ1) is 32.5. The minimum atomic E-state index is -1.32. The molecule has 8 nitrogen and oxygen atoms in total. The number of hydrogen-bond donors (Lipinski definition) is 3. The number of benzene rings is 4. The first-order valence-corrected chi connectivity index (χ1v) is 15.6. The predicted molar refractivity (Wildman–Crippen MR) is 181 cm³/mol. The topological polar surface area (TPSA) is 101 Å². The van der Waals surface area contributed by atoms with E-state index in [1.807, 2.05) is 109 Å². The molecule has 8 heteroatoms. The summed E-state index contributed by atoms with van der Waals surface area (Å²) in [5.41, 5.74) is 8.54. The first-order valence-electron chi connectivity index (χ1n) is 15.6. The largest absolute Gasteiger partial charge is 0.497 e. The number of nitrogens with one attached hydrogen (secondary N) is 2. The van der Waals surface area contributed by atoms with Gasteiger partial charge < -0.3 is 19.3 Å². The number of aliphatic hydroxyl groups is 1. The third-order valence-electron chi connectivity index (χ3n) is 7.78. The van der Waals surface area contributed by atoms with Crippen LogP contribution in [-0.4, -0.2) is 49.3 Å². The third kappa shape index (κ3) is 8.41. The SMILES string of the molecule is COc1cccc([C@@H]2OC(c3ccc(OCCCO)cc3)=N[C@]2(C/C=C/c2ccccc2)C(=O)NNCCCc2ccccc2)c1. The van der Waals surface area contributed by atoms with Crippen LogP contribution < -0.4 is 20.3 Å². The van der Waals surface area contributed by atoms with E-state index in [9.17, 15) is 4.79 Å². The molecular weight excluding hydrogens is 578 g/mol. The standard InChI is InChI=1S/C38H41N3O5/c1-44-34-19-8-18-32(28-34)35-38(24-9-16-29-12-4-2-5-13-29,37(43)41-39-25-10-17-30-14-6-3-7-15-30)40-36(46-35)31-20-22-33(23-21-31)45-27-11-26-42/h2-9,12-16,18-23,28,35,39,42H,10-11,17,24-27H2,1H3,(H,41,43)/b16-9+/t35-,38-/m0/s1. The molecule has 0 saturated heterocycles. The van der Waals surface area contributed by atoms with E-state index in [0.717, 1.165) is 29.5 Å². The Kier molecular flexibility index (Phi) is 11.6. The van der Waals surface area contributed by atoms with Crippen molar-refractivity contribution >= 4 is 17.9 Å². The van der Waals surface area contributed by atoms with Gasteiger partial charge in [0.25, 0.3) is 5.91 Å². The summed E-state index contributed by atoms with van der Waals surface area (Å²) in [6, 6.07) is 35.2. The molecule has 0 fully saturated rings. The maximum atomic E-state index is 14.3. The molecule has 5 rings (SSSR count). The van der Waals surface area contributed by atoms with Crippen LogP contribution in [0.15, 0.2) is 120 Å². The summed E-state index contributed by atoms with van der Waals surface area (Å²) >= 11 is 0. The van der Waals surface area contributed by atoms with Gasteiger partial charge in [-0.2, -0.15) is 0 Å². The fraction of sp³-hybridized carbons (Fsp3) is 0.263. The Hall–Kier alpha value is -4.92. The molecule has 0 spiro atoms. The highest BCUT2D eigenvalue weighted by Crippen LogP contribution is 2.43. The van der Waals surface area contributed by atoms with Crippen LogP contribution in [0.3, 0.4) is 0 Å². The van der Waals surface area contributed by atoms with Crippen LogP contribution in [0.25, 0.3) is 6.08 Å². The maximum absolute atomic E-state index is 14.3. The predicted octanol–water partition coefficient (Wildman–Crippen LogP) is 6.07. The van der Waals surface area contributed by atoms with Crippen LogP contribution >= 0.6 is 0 Å². The Bertz CT molecular complexity index is 1590. The van der Waals surface area contributed by atoms with Crippen molar-refractivity contribution in [3.63, 3.8) is 0 Å². The molecule has 0 radical (unpaired) electrons. The molecule has 3 N–H and O–H groups in total. The Morgan fingerprint density at radius 1 is 0.935 bits per heavy atom. The van der Waals surface area contributed by atoms with Crippen molar-refractivity contribution in [1.29, 1.82) is 0 Å². The second-order valence-corrected chi connectivity index (χ2v) is 11.1. The number of amides is 1. The van der Waals surface area contributed by atoms with Gasteiger partial charge in [0.2, 0.25) is 5.90 Å². The van der Waals surface area contributed by atoms with Crippen LogP contribution in [-0.2, 0) is 16.0 Å². The second kappa shape index (κ2) is 16.4. The number of aryl methyl sites for hydroxylation is 1. The molecule has 4 aromatic carbocycles. The molecule has 0 saturated carbocycles. The van der Waals surface area contributed by atoms with Crippen molar-refractivity contribution in [2.75, 3.05) is 26.9 Å². The van der Waals surface area contributed by atoms with Gasteiger partial charge in [0, 0.05) is 31.6 Å². The van der Waals surface area contributed by atoms with Gasteiger partial charge in [-0.05, 0) is 65.9 Å². The molecule has 0 aromatic heterocycles. The van der Waals surface area contributed by atoms with Crippen molar-refractivity contribution in [3.05, 3.63) is 138 Å². The van der Waals surface area contributed by atoms with E-state index in [4.69, 9.17) is 24.3 Å². The fourth-order valence-electron chi connectivity index (χ4n) is 5.34. The number of ether oxygens (including phenoxy) is 3.